The molecule has 1 aromatic carbocycles. The largest absolute Gasteiger partial charge is 0.478 e. The summed E-state index contributed by atoms with van der Waals surface area (Å²) >= 11 is 0. The van der Waals surface area contributed by atoms with Crippen molar-refractivity contribution >= 4 is 5.91 Å². The number of carbonyl (C=O) groups is 1. The predicted octanol–water partition coefficient (Wildman–Crippen LogP) is 3.03. The lowest BCUT2D eigenvalue weighted by Crippen LogP contribution is -2.24. The standard InChI is InChI=1S/C17H20N2O2/c1-4-21-17-14(8-6-10-18-17)11-19-16(20)15-9-5-7-12(2)13(15)3/h5-10H,4,11H2,1-3H3,(H,19,20). The van der Waals surface area contributed by atoms with E-state index in [1.54, 1.807) is 6.20 Å². The zero-order valence-corrected chi connectivity index (χ0v) is 12.6. The van der Waals surface area contributed by atoms with Gasteiger partial charge in [0.1, 0.15) is 0 Å². The number of hydrogen-bond acceptors (Lipinski definition) is 3. The van der Waals surface area contributed by atoms with Gasteiger partial charge in [-0.25, -0.2) is 4.98 Å². The molecule has 1 amide bonds. The van der Waals surface area contributed by atoms with Crippen LogP contribution in [0, 0.1) is 13.8 Å². The van der Waals surface area contributed by atoms with E-state index in [0.29, 0.717) is 24.6 Å². The molecule has 0 aliphatic heterocycles. The lowest BCUT2D eigenvalue weighted by atomic mass is 10.0. The lowest BCUT2D eigenvalue weighted by molar-refractivity contribution is 0.0950. The summed E-state index contributed by atoms with van der Waals surface area (Å²) in [6.45, 7) is 6.82. The van der Waals surface area contributed by atoms with Crippen LogP contribution in [0.3, 0.4) is 0 Å². The van der Waals surface area contributed by atoms with Crippen molar-refractivity contribution in [2.45, 2.75) is 27.3 Å². The molecule has 0 radical (unpaired) electrons. The van der Waals surface area contributed by atoms with Crippen LogP contribution in [0.15, 0.2) is 36.5 Å². The van der Waals surface area contributed by atoms with E-state index in [1.807, 2.05) is 51.1 Å². The van der Waals surface area contributed by atoms with E-state index < -0.39 is 0 Å². The van der Waals surface area contributed by atoms with Crippen molar-refractivity contribution in [3.63, 3.8) is 0 Å². The molecule has 0 spiro atoms. The second-order valence-electron chi connectivity index (χ2n) is 4.83. The summed E-state index contributed by atoms with van der Waals surface area (Å²) in [6, 6.07) is 9.47. The molecule has 4 heteroatoms. The number of carbonyl (C=O) groups excluding carboxylic acids is 1. The normalized spacial score (nSPS) is 10.2. The summed E-state index contributed by atoms with van der Waals surface area (Å²) in [5.74, 6) is 0.490. The number of amides is 1. The number of nitrogens with zero attached hydrogens (tertiary/aromatic N) is 1. The Labute approximate surface area is 125 Å². The van der Waals surface area contributed by atoms with Crippen molar-refractivity contribution < 1.29 is 9.53 Å². The van der Waals surface area contributed by atoms with Crippen LogP contribution < -0.4 is 10.1 Å². The molecule has 2 rings (SSSR count). The topological polar surface area (TPSA) is 51.2 Å². The highest BCUT2D eigenvalue weighted by Crippen LogP contribution is 2.15. The lowest BCUT2D eigenvalue weighted by Gasteiger charge is -2.11. The number of hydrogen-bond donors (Lipinski definition) is 1. The quantitative estimate of drug-likeness (QED) is 0.918. The minimum Gasteiger partial charge on any atom is -0.478 e. The van der Waals surface area contributed by atoms with Gasteiger partial charge in [0, 0.05) is 23.9 Å². The van der Waals surface area contributed by atoms with Gasteiger partial charge < -0.3 is 10.1 Å². The first kappa shape index (κ1) is 15.0. The Bertz CT molecular complexity index is 638. The Kier molecular flexibility index (Phi) is 4.93. The van der Waals surface area contributed by atoms with Gasteiger partial charge in [0.15, 0.2) is 0 Å². The van der Waals surface area contributed by atoms with Gasteiger partial charge in [-0.05, 0) is 44.0 Å². The molecule has 2 aromatic rings. The van der Waals surface area contributed by atoms with Gasteiger partial charge in [-0.1, -0.05) is 18.2 Å². The Morgan fingerprint density at radius 3 is 2.81 bits per heavy atom. The molecule has 0 fully saturated rings. The van der Waals surface area contributed by atoms with E-state index in [-0.39, 0.29) is 5.91 Å². The van der Waals surface area contributed by atoms with Gasteiger partial charge in [0.25, 0.3) is 5.91 Å². The van der Waals surface area contributed by atoms with Crippen LogP contribution in [-0.2, 0) is 6.54 Å². The molecule has 0 saturated heterocycles. The number of ether oxygens (including phenoxy) is 1. The molecular weight excluding hydrogens is 264 g/mol. The van der Waals surface area contributed by atoms with Crippen LogP contribution in [0.2, 0.25) is 0 Å². The fraction of sp³-hybridized carbons (Fsp3) is 0.294. The van der Waals surface area contributed by atoms with Gasteiger partial charge in [-0.3, -0.25) is 4.79 Å². The Hall–Kier alpha value is -2.36. The average molecular weight is 284 g/mol. The minimum absolute atomic E-state index is 0.0810. The van der Waals surface area contributed by atoms with E-state index in [4.69, 9.17) is 4.74 Å². The molecule has 0 saturated carbocycles. The van der Waals surface area contributed by atoms with Gasteiger partial charge in [-0.2, -0.15) is 0 Å². The van der Waals surface area contributed by atoms with E-state index in [1.165, 1.54) is 0 Å². The summed E-state index contributed by atoms with van der Waals surface area (Å²) in [7, 11) is 0. The van der Waals surface area contributed by atoms with Crippen molar-refractivity contribution in [1.29, 1.82) is 0 Å². The zero-order valence-electron chi connectivity index (χ0n) is 12.6. The van der Waals surface area contributed by atoms with Crippen LogP contribution >= 0.6 is 0 Å². The first-order valence-electron chi connectivity index (χ1n) is 7.04. The van der Waals surface area contributed by atoms with Crippen molar-refractivity contribution in [1.82, 2.24) is 10.3 Å². The fourth-order valence-corrected chi connectivity index (χ4v) is 2.09. The minimum atomic E-state index is -0.0810. The summed E-state index contributed by atoms with van der Waals surface area (Å²) in [5.41, 5.74) is 3.69. The average Bonchev–Trinajstić information content (AvgIpc) is 2.49. The SMILES string of the molecule is CCOc1ncccc1CNC(=O)c1cccc(C)c1C. The van der Waals surface area contributed by atoms with Crippen molar-refractivity contribution in [2.75, 3.05) is 6.61 Å². The maximum atomic E-state index is 12.3. The molecule has 0 aliphatic carbocycles. The third kappa shape index (κ3) is 3.60. The molecule has 0 bridgehead atoms. The first-order valence-corrected chi connectivity index (χ1v) is 7.04. The van der Waals surface area contributed by atoms with E-state index in [0.717, 1.165) is 16.7 Å². The maximum Gasteiger partial charge on any atom is 0.251 e. The molecule has 1 aromatic heterocycles. The van der Waals surface area contributed by atoms with Gasteiger partial charge >= 0.3 is 0 Å². The zero-order chi connectivity index (χ0) is 15.2. The molecule has 110 valence electrons. The monoisotopic (exact) mass is 284 g/mol. The molecular formula is C17H20N2O2. The Morgan fingerprint density at radius 1 is 1.24 bits per heavy atom. The molecule has 0 unspecified atom stereocenters. The first-order chi connectivity index (χ1) is 10.1. The highest BCUT2D eigenvalue weighted by atomic mass is 16.5. The third-order valence-corrected chi connectivity index (χ3v) is 3.42. The Balaban J connectivity index is 2.09. The van der Waals surface area contributed by atoms with E-state index in [9.17, 15) is 4.79 Å². The summed E-state index contributed by atoms with van der Waals surface area (Å²) < 4.78 is 5.46. The van der Waals surface area contributed by atoms with Gasteiger partial charge in [-0.15, -0.1) is 0 Å². The van der Waals surface area contributed by atoms with Gasteiger partial charge in [0.05, 0.1) is 6.61 Å². The highest BCUT2D eigenvalue weighted by Gasteiger charge is 2.11. The molecule has 1 N–H and O–H groups in total. The van der Waals surface area contributed by atoms with Crippen LogP contribution in [-0.4, -0.2) is 17.5 Å². The molecule has 0 aliphatic rings. The smallest absolute Gasteiger partial charge is 0.251 e. The van der Waals surface area contributed by atoms with Gasteiger partial charge in [0.2, 0.25) is 5.88 Å². The number of pyridine rings is 1. The van der Waals surface area contributed by atoms with Crippen LogP contribution in [0.1, 0.15) is 34.0 Å². The summed E-state index contributed by atoms with van der Waals surface area (Å²) in [6.07, 6.45) is 1.68. The summed E-state index contributed by atoms with van der Waals surface area (Å²) in [5, 5.41) is 2.92. The predicted molar refractivity (Wildman–Crippen MR) is 82.5 cm³/mol. The number of aromatic nitrogens is 1. The molecule has 21 heavy (non-hydrogen) atoms. The highest BCUT2D eigenvalue weighted by molar-refractivity contribution is 5.95. The maximum absolute atomic E-state index is 12.3. The molecule has 4 nitrogen and oxygen atoms in total. The van der Waals surface area contributed by atoms with Crippen LogP contribution in [0.4, 0.5) is 0 Å². The van der Waals surface area contributed by atoms with Crippen LogP contribution in [0.25, 0.3) is 0 Å². The van der Waals surface area contributed by atoms with Crippen molar-refractivity contribution in [3.8, 4) is 5.88 Å². The second-order valence-corrected chi connectivity index (χ2v) is 4.83. The molecule has 0 atom stereocenters. The van der Waals surface area contributed by atoms with Crippen LogP contribution in [0.5, 0.6) is 5.88 Å². The van der Waals surface area contributed by atoms with E-state index >= 15 is 0 Å². The number of rotatable bonds is 5. The molecule has 1 heterocycles. The number of benzene rings is 1. The van der Waals surface area contributed by atoms with Crippen molar-refractivity contribution in [3.05, 3.63) is 58.8 Å². The summed E-state index contributed by atoms with van der Waals surface area (Å²) in [4.78, 5) is 16.5. The number of aryl methyl sites for hydroxylation is 1. The third-order valence-electron chi connectivity index (χ3n) is 3.42. The Morgan fingerprint density at radius 2 is 2.05 bits per heavy atom. The van der Waals surface area contributed by atoms with E-state index in [2.05, 4.69) is 10.3 Å². The second kappa shape index (κ2) is 6.88. The van der Waals surface area contributed by atoms with Crippen molar-refractivity contribution in [2.24, 2.45) is 0 Å². The number of nitrogens with one attached hydrogen (secondary N) is 1. The fourth-order valence-electron chi connectivity index (χ4n) is 2.09.